The fourth-order valence-electron chi connectivity index (χ4n) is 3.91. The van der Waals surface area contributed by atoms with Gasteiger partial charge in [0.05, 0.1) is 5.57 Å². The summed E-state index contributed by atoms with van der Waals surface area (Å²) in [6.45, 7) is 0. The molecule has 0 saturated heterocycles. The topological polar surface area (TPSA) is 9.23 Å². The minimum absolute atomic E-state index is 0.268. The van der Waals surface area contributed by atoms with Gasteiger partial charge in [0, 0.05) is 0 Å². The van der Waals surface area contributed by atoms with Crippen LogP contribution in [-0.2, 0) is 19.3 Å². The van der Waals surface area contributed by atoms with E-state index in [0.717, 1.165) is 36.1 Å². The lowest BCUT2D eigenvalue weighted by Gasteiger charge is -2.14. The number of aryl methyl sites for hydroxylation is 3. The van der Waals surface area contributed by atoms with E-state index in [1.54, 1.807) is 12.1 Å². The fraction of sp³-hybridized carbons (Fsp3) is 0.231. The summed E-state index contributed by atoms with van der Waals surface area (Å²) in [5.74, 6) is 1.41. The van der Waals surface area contributed by atoms with Gasteiger partial charge in [0.2, 0.25) is 0 Å². The van der Waals surface area contributed by atoms with Crippen molar-refractivity contribution in [3.63, 3.8) is 0 Å². The lowest BCUT2D eigenvalue weighted by atomic mass is 9.98. The van der Waals surface area contributed by atoms with E-state index in [0.29, 0.717) is 18.6 Å². The Morgan fingerprint density at radius 2 is 1.60 bits per heavy atom. The van der Waals surface area contributed by atoms with Gasteiger partial charge in [-0.3, -0.25) is 0 Å². The molecule has 0 aromatic heterocycles. The monoisotopic (exact) mass is 408 g/mol. The highest BCUT2D eigenvalue weighted by atomic mass is 19.4. The number of hydrogen-bond acceptors (Lipinski definition) is 1. The molecule has 0 amide bonds. The van der Waals surface area contributed by atoms with Crippen LogP contribution in [0, 0.1) is 0 Å². The van der Waals surface area contributed by atoms with Crippen molar-refractivity contribution in [2.45, 2.75) is 38.3 Å². The quantitative estimate of drug-likeness (QED) is 0.409. The SMILES string of the molecule is FC(F)(F)/C(=C/CCc1cccc(Oc2ccccc2)c1)c1ccc2c(c1)CCC2. The molecular weight excluding hydrogens is 385 g/mol. The highest BCUT2D eigenvalue weighted by Crippen LogP contribution is 2.36. The molecule has 0 bridgehead atoms. The second kappa shape index (κ2) is 8.78. The van der Waals surface area contributed by atoms with E-state index < -0.39 is 11.7 Å². The Labute approximate surface area is 174 Å². The first-order valence-corrected chi connectivity index (χ1v) is 10.2. The molecule has 0 atom stereocenters. The van der Waals surface area contributed by atoms with Crippen molar-refractivity contribution in [3.05, 3.63) is 101 Å². The number of fused-ring (bicyclic) bond motifs is 1. The Kier molecular flexibility index (Phi) is 5.93. The number of benzene rings is 3. The maximum Gasteiger partial charge on any atom is 0.416 e. The molecule has 0 aliphatic heterocycles. The van der Waals surface area contributed by atoms with E-state index in [1.165, 1.54) is 11.6 Å². The average Bonchev–Trinajstić information content (AvgIpc) is 3.19. The normalized spacial score (nSPS) is 13.9. The van der Waals surface area contributed by atoms with Crippen LogP contribution in [0.5, 0.6) is 11.5 Å². The van der Waals surface area contributed by atoms with E-state index in [9.17, 15) is 13.2 Å². The first-order chi connectivity index (χ1) is 14.5. The minimum atomic E-state index is -4.37. The number of rotatable bonds is 6. The van der Waals surface area contributed by atoms with Crippen molar-refractivity contribution < 1.29 is 17.9 Å². The summed E-state index contributed by atoms with van der Waals surface area (Å²) in [5.41, 5.74) is 2.89. The highest BCUT2D eigenvalue weighted by Gasteiger charge is 2.34. The van der Waals surface area contributed by atoms with Crippen molar-refractivity contribution in [1.82, 2.24) is 0 Å². The van der Waals surface area contributed by atoms with Crippen LogP contribution >= 0.6 is 0 Å². The third-order valence-electron chi connectivity index (χ3n) is 5.37. The Morgan fingerprint density at radius 1 is 0.833 bits per heavy atom. The minimum Gasteiger partial charge on any atom is -0.457 e. The van der Waals surface area contributed by atoms with E-state index in [4.69, 9.17) is 4.74 Å². The first kappa shape index (κ1) is 20.3. The molecule has 0 radical (unpaired) electrons. The summed E-state index contributed by atoms with van der Waals surface area (Å²) in [7, 11) is 0. The van der Waals surface area contributed by atoms with Gasteiger partial charge < -0.3 is 4.74 Å². The molecule has 0 saturated carbocycles. The molecular formula is C26H23F3O. The molecule has 0 unspecified atom stereocenters. The largest absolute Gasteiger partial charge is 0.457 e. The van der Waals surface area contributed by atoms with Crippen LogP contribution < -0.4 is 4.74 Å². The van der Waals surface area contributed by atoms with Gasteiger partial charge in [-0.2, -0.15) is 13.2 Å². The second-order valence-corrected chi connectivity index (χ2v) is 7.55. The average molecular weight is 408 g/mol. The molecule has 0 spiro atoms. The third kappa shape index (κ3) is 4.93. The van der Waals surface area contributed by atoms with Gasteiger partial charge in [0.25, 0.3) is 0 Å². The zero-order valence-corrected chi connectivity index (χ0v) is 16.6. The molecule has 1 aliphatic carbocycles. The summed E-state index contributed by atoms with van der Waals surface area (Å²) >= 11 is 0. The van der Waals surface area contributed by atoms with Crippen molar-refractivity contribution in [1.29, 1.82) is 0 Å². The highest BCUT2D eigenvalue weighted by molar-refractivity contribution is 5.70. The Morgan fingerprint density at radius 3 is 2.40 bits per heavy atom. The Bertz CT molecular complexity index is 1040. The van der Waals surface area contributed by atoms with Gasteiger partial charge in [-0.15, -0.1) is 0 Å². The number of ether oxygens (including phenoxy) is 1. The Balaban J connectivity index is 1.48. The van der Waals surface area contributed by atoms with E-state index >= 15 is 0 Å². The van der Waals surface area contributed by atoms with Gasteiger partial charge in [-0.25, -0.2) is 0 Å². The van der Waals surface area contributed by atoms with E-state index in [-0.39, 0.29) is 5.56 Å². The number of alkyl halides is 3. The van der Waals surface area contributed by atoms with Crippen LogP contribution in [0.2, 0.25) is 0 Å². The fourth-order valence-corrected chi connectivity index (χ4v) is 3.91. The van der Waals surface area contributed by atoms with Gasteiger partial charge in [-0.1, -0.05) is 54.6 Å². The molecule has 1 aliphatic rings. The molecule has 0 heterocycles. The van der Waals surface area contributed by atoms with Crippen LogP contribution in [0.1, 0.15) is 35.1 Å². The van der Waals surface area contributed by atoms with Crippen molar-refractivity contribution >= 4 is 5.57 Å². The standard InChI is InChI=1S/C26H23F3O/c27-26(28,29)25(22-16-15-20-9-6-10-21(20)18-22)14-5-8-19-7-4-13-24(17-19)30-23-11-2-1-3-12-23/h1-4,7,11-18H,5-6,8-10H2/b25-14+. The number of hydrogen-bond donors (Lipinski definition) is 0. The molecule has 3 aromatic carbocycles. The second-order valence-electron chi connectivity index (χ2n) is 7.55. The summed E-state index contributed by atoms with van der Waals surface area (Å²) in [5, 5.41) is 0. The van der Waals surface area contributed by atoms with E-state index in [2.05, 4.69) is 0 Å². The molecule has 3 aromatic rings. The maximum atomic E-state index is 13.7. The lowest BCUT2D eigenvalue weighted by molar-refractivity contribution is -0.0690. The third-order valence-corrected chi connectivity index (χ3v) is 5.37. The van der Waals surface area contributed by atoms with Crippen LogP contribution in [0.4, 0.5) is 13.2 Å². The zero-order valence-electron chi connectivity index (χ0n) is 16.6. The molecule has 1 nitrogen and oxygen atoms in total. The number of halogens is 3. The van der Waals surface area contributed by atoms with Crippen LogP contribution in [0.3, 0.4) is 0 Å². The van der Waals surface area contributed by atoms with E-state index in [1.807, 2.05) is 60.7 Å². The maximum absolute atomic E-state index is 13.7. The molecule has 4 heteroatoms. The first-order valence-electron chi connectivity index (χ1n) is 10.2. The van der Waals surface area contributed by atoms with Gasteiger partial charge in [-0.05, 0) is 78.6 Å². The predicted octanol–water partition coefficient (Wildman–Crippen LogP) is 7.55. The van der Waals surface area contributed by atoms with Gasteiger partial charge >= 0.3 is 6.18 Å². The number of para-hydroxylation sites is 1. The van der Waals surface area contributed by atoms with Crippen LogP contribution in [0.15, 0.2) is 78.9 Å². The molecule has 0 fully saturated rings. The van der Waals surface area contributed by atoms with Crippen molar-refractivity contribution in [2.75, 3.05) is 0 Å². The smallest absolute Gasteiger partial charge is 0.416 e. The number of allylic oxidation sites excluding steroid dienone is 2. The van der Waals surface area contributed by atoms with Crippen molar-refractivity contribution in [2.24, 2.45) is 0 Å². The Hall–Kier alpha value is -3.01. The van der Waals surface area contributed by atoms with Crippen molar-refractivity contribution in [3.8, 4) is 11.5 Å². The summed E-state index contributed by atoms with van der Waals surface area (Å²) in [6, 6.07) is 22.1. The van der Waals surface area contributed by atoms with Crippen LogP contribution in [-0.4, -0.2) is 6.18 Å². The molecule has 4 rings (SSSR count). The molecule has 30 heavy (non-hydrogen) atoms. The predicted molar refractivity (Wildman–Crippen MR) is 114 cm³/mol. The summed E-state index contributed by atoms with van der Waals surface area (Å²) in [6.07, 6.45) is 0.611. The van der Waals surface area contributed by atoms with Crippen LogP contribution in [0.25, 0.3) is 5.57 Å². The summed E-state index contributed by atoms with van der Waals surface area (Å²) in [4.78, 5) is 0. The van der Waals surface area contributed by atoms with Gasteiger partial charge in [0.15, 0.2) is 0 Å². The summed E-state index contributed by atoms with van der Waals surface area (Å²) < 4.78 is 46.9. The molecule has 0 N–H and O–H groups in total. The van der Waals surface area contributed by atoms with Gasteiger partial charge in [0.1, 0.15) is 11.5 Å². The molecule has 154 valence electrons. The lowest BCUT2D eigenvalue weighted by Crippen LogP contribution is -2.11. The zero-order chi connectivity index (χ0) is 21.0.